The summed E-state index contributed by atoms with van der Waals surface area (Å²) in [5.41, 5.74) is 3.63. The second kappa shape index (κ2) is 6.71. The van der Waals surface area contributed by atoms with Gasteiger partial charge in [0.2, 0.25) is 0 Å². The largest absolute Gasteiger partial charge is 0.297 e. The number of piperazine rings is 1. The molecule has 2 aromatic heterocycles. The Bertz CT molecular complexity index is 790. The second-order valence-electron chi connectivity index (χ2n) is 6.53. The van der Waals surface area contributed by atoms with Crippen molar-refractivity contribution in [2.75, 3.05) is 26.2 Å². The number of hydrogen-bond acceptors (Lipinski definition) is 4. The van der Waals surface area contributed by atoms with Crippen LogP contribution in [0.1, 0.15) is 24.2 Å². The molecule has 4 rings (SSSR count). The molecule has 1 N–H and O–H groups in total. The van der Waals surface area contributed by atoms with E-state index >= 15 is 0 Å². The fraction of sp³-hybridized carbons (Fsp3) is 0.368. The van der Waals surface area contributed by atoms with Gasteiger partial charge in [0.25, 0.3) is 0 Å². The molecular weight excluding hydrogens is 298 g/mol. The molecule has 0 radical (unpaired) electrons. The quantitative estimate of drug-likeness (QED) is 0.803. The van der Waals surface area contributed by atoms with Gasteiger partial charge in [-0.05, 0) is 30.7 Å². The Kier molecular flexibility index (Phi) is 4.28. The number of rotatable bonds is 4. The standard InChI is InChI=1S/C19H23N5/c1-15(18-4-2-3-7-20-18)24-10-8-23(9-11-24)14-16-5-6-17-13-21-22-19(17)12-16/h2-7,12-13,15H,8-11,14H2,1H3,(H,21,22). The molecule has 0 spiro atoms. The first-order valence-electron chi connectivity index (χ1n) is 8.59. The molecule has 3 heterocycles. The molecule has 1 unspecified atom stereocenters. The third kappa shape index (κ3) is 3.18. The zero-order chi connectivity index (χ0) is 16.4. The minimum Gasteiger partial charge on any atom is -0.297 e. The zero-order valence-electron chi connectivity index (χ0n) is 14.0. The number of nitrogens with zero attached hydrogens (tertiary/aromatic N) is 4. The molecule has 1 aromatic carbocycles. The van der Waals surface area contributed by atoms with Crippen LogP contribution in [-0.4, -0.2) is 51.2 Å². The molecule has 1 atom stereocenters. The molecule has 24 heavy (non-hydrogen) atoms. The normalized spacial score (nSPS) is 18.0. The van der Waals surface area contributed by atoms with E-state index in [1.807, 2.05) is 18.5 Å². The Morgan fingerprint density at radius 3 is 2.79 bits per heavy atom. The van der Waals surface area contributed by atoms with E-state index in [4.69, 9.17) is 0 Å². The van der Waals surface area contributed by atoms with Gasteiger partial charge in [-0.3, -0.25) is 19.9 Å². The highest BCUT2D eigenvalue weighted by Gasteiger charge is 2.22. The molecule has 0 bridgehead atoms. The van der Waals surface area contributed by atoms with Gasteiger partial charge in [0.15, 0.2) is 0 Å². The van der Waals surface area contributed by atoms with Crippen molar-refractivity contribution in [3.63, 3.8) is 0 Å². The maximum absolute atomic E-state index is 4.50. The van der Waals surface area contributed by atoms with Crippen LogP contribution in [0.4, 0.5) is 0 Å². The molecular formula is C19H23N5. The van der Waals surface area contributed by atoms with Crippen molar-refractivity contribution in [2.24, 2.45) is 0 Å². The highest BCUT2D eigenvalue weighted by atomic mass is 15.3. The lowest BCUT2D eigenvalue weighted by Crippen LogP contribution is -2.46. The first-order valence-corrected chi connectivity index (χ1v) is 8.59. The molecule has 0 aliphatic carbocycles. The summed E-state index contributed by atoms with van der Waals surface area (Å²) < 4.78 is 0. The van der Waals surface area contributed by atoms with Crippen molar-refractivity contribution in [1.82, 2.24) is 25.0 Å². The van der Waals surface area contributed by atoms with Crippen molar-refractivity contribution in [3.05, 3.63) is 60.0 Å². The molecule has 1 fully saturated rings. The summed E-state index contributed by atoms with van der Waals surface area (Å²) in [6.07, 6.45) is 3.75. The third-order valence-electron chi connectivity index (χ3n) is 4.98. The summed E-state index contributed by atoms with van der Waals surface area (Å²) in [6.45, 7) is 7.62. The second-order valence-corrected chi connectivity index (χ2v) is 6.53. The molecule has 1 aliphatic heterocycles. The van der Waals surface area contributed by atoms with Crippen LogP contribution in [0.3, 0.4) is 0 Å². The van der Waals surface area contributed by atoms with E-state index in [0.717, 1.165) is 43.9 Å². The van der Waals surface area contributed by atoms with Crippen LogP contribution in [0.15, 0.2) is 48.8 Å². The fourth-order valence-electron chi connectivity index (χ4n) is 3.46. The Morgan fingerprint density at radius 2 is 2.00 bits per heavy atom. The number of hydrogen-bond donors (Lipinski definition) is 1. The molecule has 1 saturated heterocycles. The predicted molar refractivity (Wildman–Crippen MR) is 95.6 cm³/mol. The first kappa shape index (κ1) is 15.3. The van der Waals surface area contributed by atoms with Crippen molar-refractivity contribution < 1.29 is 0 Å². The first-order chi connectivity index (χ1) is 11.8. The van der Waals surface area contributed by atoms with Gasteiger partial charge in [-0.1, -0.05) is 18.2 Å². The lowest BCUT2D eigenvalue weighted by atomic mass is 10.1. The van der Waals surface area contributed by atoms with Crippen LogP contribution in [0.5, 0.6) is 0 Å². The van der Waals surface area contributed by atoms with Gasteiger partial charge in [-0.15, -0.1) is 0 Å². The van der Waals surface area contributed by atoms with Crippen molar-refractivity contribution in [2.45, 2.75) is 19.5 Å². The highest BCUT2D eigenvalue weighted by molar-refractivity contribution is 5.78. The van der Waals surface area contributed by atoms with Crippen molar-refractivity contribution in [1.29, 1.82) is 0 Å². The third-order valence-corrected chi connectivity index (χ3v) is 4.98. The lowest BCUT2D eigenvalue weighted by Gasteiger charge is -2.37. The van der Waals surface area contributed by atoms with E-state index in [1.165, 1.54) is 10.9 Å². The maximum atomic E-state index is 4.50. The summed E-state index contributed by atoms with van der Waals surface area (Å²) in [5, 5.41) is 8.32. The van der Waals surface area contributed by atoms with E-state index in [-0.39, 0.29) is 0 Å². The number of aromatic amines is 1. The van der Waals surface area contributed by atoms with Crippen LogP contribution in [-0.2, 0) is 6.54 Å². The zero-order valence-corrected chi connectivity index (χ0v) is 14.0. The number of fused-ring (bicyclic) bond motifs is 1. The van der Waals surface area contributed by atoms with Crippen LogP contribution >= 0.6 is 0 Å². The Hall–Kier alpha value is -2.24. The average Bonchev–Trinajstić information content (AvgIpc) is 3.10. The molecule has 5 nitrogen and oxygen atoms in total. The van der Waals surface area contributed by atoms with Crippen molar-refractivity contribution >= 4 is 10.9 Å². The summed E-state index contributed by atoms with van der Waals surface area (Å²) in [6, 6.07) is 13.1. The average molecular weight is 321 g/mol. The summed E-state index contributed by atoms with van der Waals surface area (Å²) >= 11 is 0. The van der Waals surface area contributed by atoms with E-state index in [1.54, 1.807) is 0 Å². The minimum absolute atomic E-state index is 0.384. The van der Waals surface area contributed by atoms with Crippen molar-refractivity contribution in [3.8, 4) is 0 Å². The predicted octanol–water partition coefficient (Wildman–Crippen LogP) is 2.84. The SMILES string of the molecule is CC(c1ccccn1)N1CCN(Cc2ccc3cn[nH]c3c2)CC1. The van der Waals surface area contributed by atoms with Gasteiger partial charge in [-0.2, -0.15) is 5.10 Å². The molecule has 0 saturated carbocycles. The minimum atomic E-state index is 0.384. The Labute approximate surface area is 142 Å². The summed E-state index contributed by atoms with van der Waals surface area (Å²) in [7, 11) is 0. The number of aromatic nitrogens is 3. The van der Waals surface area contributed by atoms with E-state index < -0.39 is 0 Å². The van der Waals surface area contributed by atoms with Crippen LogP contribution < -0.4 is 0 Å². The van der Waals surface area contributed by atoms with Gasteiger partial charge < -0.3 is 0 Å². The van der Waals surface area contributed by atoms with Crippen LogP contribution in [0.2, 0.25) is 0 Å². The number of pyridine rings is 1. The van der Waals surface area contributed by atoms with Gasteiger partial charge in [0.05, 0.1) is 17.4 Å². The van der Waals surface area contributed by atoms with E-state index in [9.17, 15) is 0 Å². The van der Waals surface area contributed by atoms with E-state index in [2.05, 4.69) is 62.2 Å². The Morgan fingerprint density at radius 1 is 1.12 bits per heavy atom. The fourth-order valence-corrected chi connectivity index (χ4v) is 3.46. The number of nitrogens with one attached hydrogen (secondary N) is 1. The molecule has 5 heteroatoms. The van der Waals surface area contributed by atoms with Crippen LogP contribution in [0.25, 0.3) is 10.9 Å². The summed E-state index contributed by atoms with van der Waals surface area (Å²) in [5.74, 6) is 0. The number of H-pyrrole nitrogens is 1. The summed E-state index contributed by atoms with van der Waals surface area (Å²) in [4.78, 5) is 9.55. The highest BCUT2D eigenvalue weighted by Crippen LogP contribution is 2.21. The number of benzene rings is 1. The topological polar surface area (TPSA) is 48.1 Å². The molecule has 0 amide bonds. The van der Waals surface area contributed by atoms with Crippen LogP contribution in [0, 0.1) is 0 Å². The maximum Gasteiger partial charge on any atom is 0.0653 e. The smallest absolute Gasteiger partial charge is 0.0653 e. The molecule has 3 aromatic rings. The van der Waals surface area contributed by atoms with Gasteiger partial charge in [0.1, 0.15) is 0 Å². The monoisotopic (exact) mass is 321 g/mol. The molecule has 124 valence electrons. The van der Waals surface area contributed by atoms with E-state index in [0.29, 0.717) is 6.04 Å². The lowest BCUT2D eigenvalue weighted by molar-refractivity contribution is 0.0964. The van der Waals surface area contributed by atoms with Gasteiger partial charge >= 0.3 is 0 Å². The molecule has 1 aliphatic rings. The van der Waals surface area contributed by atoms with Gasteiger partial charge in [0, 0.05) is 50.3 Å². The van der Waals surface area contributed by atoms with Gasteiger partial charge in [-0.25, -0.2) is 0 Å². The Balaban J connectivity index is 1.35.